The fourth-order valence-electron chi connectivity index (χ4n) is 3.58. The minimum absolute atomic E-state index is 0.312. The van der Waals surface area contributed by atoms with Crippen molar-refractivity contribution in [1.29, 1.82) is 0 Å². The standard InChI is InChI=1S/C28H32/c1-7-8-9-15-26(21(2)3)23(5)20-24(6)27-16-10-11-17-28(27)25-14-12-13-22(4)18-19-25/h9-11,13-15,17-20,27H,6,12,16H2,1-5H3/b15-9-,23-20-. The van der Waals surface area contributed by atoms with Crippen LogP contribution in [0.25, 0.3) is 0 Å². The van der Waals surface area contributed by atoms with Gasteiger partial charge in [-0.05, 0) is 87.5 Å². The van der Waals surface area contributed by atoms with Gasteiger partial charge in [-0.2, -0.15) is 0 Å². The summed E-state index contributed by atoms with van der Waals surface area (Å²) in [6.45, 7) is 14.9. The van der Waals surface area contributed by atoms with Gasteiger partial charge in [-0.15, -0.1) is 5.92 Å². The van der Waals surface area contributed by atoms with Crippen LogP contribution in [0.2, 0.25) is 0 Å². The maximum atomic E-state index is 4.45. The third-order valence-corrected chi connectivity index (χ3v) is 5.09. The largest absolute Gasteiger partial charge is 0.102 e. The van der Waals surface area contributed by atoms with E-state index in [1.54, 1.807) is 0 Å². The lowest BCUT2D eigenvalue weighted by Gasteiger charge is -2.24. The molecule has 2 rings (SSSR count). The first kappa shape index (κ1) is 21.5. The monoisotopic (exact) mass is 368 g/mol. The zero-order valence-corrected chi connectivity index (χ0v) is 18.0. The van der Waals surface area contributed by atoms with E-state index < -0.39 is 0 Å². The van der Waals surface area contributed by atoms with Crippen LogP contribution in [0.1, 0.15) is 47.5 Å². The summed E-state index contributed by atoms with van der Waals surface area (Å²) in [5, 5.41) is 0. The summed E-state index contributed by atoms with van der Waals surface area (Å²) >= 11 is 0. The topological polar surface area (TPSA) is 0 Å². The van der Waals surface area contributed by atoms with Gasteiger partial charge in [0.05, 0.1) is 0 Å². The van der Waals surface area contributed by atoms with Crippen LogP contribution in [0.15, 0.2) is 106 Å². The zero-order valence-electron chi connectivity index (χ0n) is 18.0. The predicted molar refractivity (Wildman–Crippen MR) is 125 cm³/mol. The Morgan fingerprint density at radius 1 is 1.18 bits per heavy atom. The molecule has 0 aliphatic heterocycles. The fourth-order valence-corrected chi connectivity index (χ4v) is 3.58. The van der Waals surface area contributed by atoms with E-state index in [9.17, 15) is 0 Å². The van der Waals surface area contributed by atoms with Crippen LogP contribution in [0, 0.1) is 17.8 Å². The minimum Gasteiger partial charge on any atom is -0.102 e. The van der Waals surface area contributed by atoms with Crippen molar-refractivity contribution >= 4 is 0 Å². The van der Waals surface area contributed by atoms with Crippen molar-refractivity contribution in [3.63, 3.8) is 0 Å². The van der Waals surface area contributed by atoms with Gasteiger partial charge in [0.1, 0.15) is 0 Å². The number of hydrogen-bond acceptors (Lipinski definition) is 0. The quantitative estimate of drug-likeness (QED) is 0.344. The third-order valence-electron chi connectivity index (χ3n) is 5.09. The van der Waals surface area contributed by atoms with Crippen molar-refractivity contribution in [3.05, 3.63) is 106 Å². The minimum atomic E-state index is 0.312. The molecule has 2 aliphatic carbocycles. The van der Waals surface area contributed by atoms with E-state index in [4.69, 9.17) is 0 Å². The number of rotatable bonds is 5. The highest BCUT2D eigenvalue weighted by Crippen LogP contribution is 2.35. The van der Waals surface area contributed by atoms with Crippen molar-refractivity contribution in [2.24, 2.45) is 5.92 Å². The van der Waals surface area contributed by atoms with Crippen LogP contribution >= 0.6 is 0 Å². The molecule has 28 heavy (non-hydrogen) atoms. The molecule has 0 bridgehead atoms. The Bertz CT molecular complexity index is 914. The summed E-state index contributed by atoms with van der Waals surface area (Å²) in [7, 11) is 0. The van der Waals surface area contributed by atoms with Crippen molar-refractivity contribution in [3.8, 4) is 11.8 Å². The molecule has 0 aromatic rings. The summed E-state index contributed by atoms with van der Waals surface area (Å²) < 4.78 is 0. The van der Waals surface area contributed by atoms with Gasteiger partial charge in [0, 0.05) is 5.92 Å². The normalized spacial score (nSPS) is 19.2. The molecule has 0 N–H and O–H groups in total. The first-order chi connectivity index (χ1) is 13.4. The summed E-state index contributed by atoms with van der Waals surface area (Å²) in [4.78, 5) is 0. The van der Waals surface area contributed by atoms with E-state index >= 15 is 0 Å². The molecule has 0 saturated carbocycles. The van der Waals surface area contributed by atoms with E-state index in [0.717, 1.165) is 18.4 Å². The second kappa shape index (κ2) is 10.5. The van der Waals surface area contributed by atoms with E-state index in [0.29, 0.717) is 5.92 Å². The van der Waals surface area contributed by atoms with Crippen molar-refractivity contribution in [2.75, 3.05) is 0 Å². The number of hydrogen-bond donors (Lipinski definition) is 0. The molecule has 0 heterocycles. The second-order valence-corrected chi connectivity index (χ2v) is 7.56. The molecular weight excluding hydrogens is 336 g/mol. The molecule has 0 heteroatoms. The molecular formula is C28H32. The highest BCUT2D eigenvalue weighted by Gasteiger charge is 2.20. The van der Waals surface area contributed by atoms with Gasteiger partial charge in [-0.1, -0.05) is 72.3 Å². The third kappa shape index (κ3) is 5.86. The van der Waals surface area contributed by atoms with Crippen molar-refractivity contribution in [2.45, 2.75) is 47.5 Å². The van der Waals surface area contributed by atoms with Gasteiger partial charge in [-0.3, -0.25) is 0 Å². The highest BCUT2D eigenvalue weighted by molar-refractivity contribution is 5.53. The van der Waals surface area contributed by atoms with Gasteiger partial charge < -0.3 is 0 Å². The van der Waals surface area contributed by atoms with E-state index in [2.05, 4.69) is 101 Å². The molecule has 0 aromatic heterocycles. The molecule has 0 nitrogen and oxygen atoms in total. The van der Waals surface area contributed by atoms with Crippen LogP contribution in [-0.4, -0.2) is 0 Å². The first-order valence-electron chi connectivity index (χ1n) is 10.00. The van der Waals surface area contributed by atoms with Crippen LogP contribution in [0.3, 0.4) is 0 Å². The van der Waals surface area contributed by atoms with Crippen LogP contribution < -0.4 is 0 Å². The van der Waals surface area contributed by atoms with Crippen LogP contribution in [-0.2, 0) is 0 Å². The lowest BCUT2D eigenvalue weighted by Crippen LogP contribution is -2.09. The van der Waals surface area contributed by atoms with E-state index in [1.165, 1.54) is 33.4 Å². The van der Waals surface area contributed by atoms with Crippen LogP contribution in [0.5, 0.6) is 0 Å². The zero-order chi connectivity index (χ0) is 20.5. The maximum absolute atomic E-state index is 4.45. The second-order valence-electron chi connectivity index (χ2n) is 7.56. The van der Waals surface area contributed by atoms with Gasteiger partial charge in [0.25, 0.3) is 0 Å². The Hall–Kier alpha value is -2.78. The van der Waals surface area contributed by atoms with Crippen LogP contribution in [0.4, 0.5) is 0 Å². The molecule has 0 fully saturated rings. The summed E-state index contributed by atoms with van der Waals surface area (Å²) in [6.07, 6.45) is 23.9. The molecule has 0 saturated heterocycles. The van der Waals surface area contributed by atoms with Gasteiger partial charge >= 0.3 is 0 Å². The number of allylic oxidation sites excluding steroid dienone is 17. The molecule has 1 atom stereocenters. The molecule has 0 radical (unpaired) electrons. The van der Waals surface area contributed by atoms with E-state index in [-0.39, 0.29) is 0 Å². The summed E-state index contributed by atoms with van der Waals surface area (Å²) in [5.74, 6) is 6.24. The van der Waals surface area contributed by atoms with Gasteiger partial charge in [-0.25, -0.2) is 0 Å². The lowest BCUT2D eigenvalue weighted by atomic mass is 9.80. The van der Waals surface area contributed by atoms with Crippen molar-refractivity contribution in [1.82, 2.24) is 0 Å². The first-order valence-corrected chi connectivity index (χ1v) is 10.00. The maximum Gasteiger partial charge on any atom is 0.0124 e. The average molecular weight is 369 g/mol. The smallest absolute Gasteiger partial charge is 0.0124 e. The average Bonchev–Trinajstić information content (AvgIpc) is 2.89. The predicted octanol–water partition coefficient (Wildman–Crippen LogP) is 7.74. The highest BCUT2D eigenvalue weighted by atomic mass is 14.2. The fraction of sp³-hybridized carbons (Fsp3) is 0.286. The Morgan fingerprint density at radius 2 is 1.96 bits per heavy atom. The Balaban J connectivity index is 2.30. The summed E-state index contributed by atoms with van der Waals surface area (Å²) in [6, 6.07) is 0. The molecule has 144 valence electrons. The van der Waals surface area contributed by atoms with Gasteiger partial charge in [0.2, 0.25) is 0 Å². The van der Waals surface area contributed by atoms with Gasteiger partial charge in [0.15, 0.2) is 0 Å². The van der Waals surface area contributed by atoms with Crippen molar-refractivity contribution < 1.29 is 0 Å². The Kier molecular flexibility index (Phi) is 8.09. The van der Waals surface area contributed by atoms with E-state index in [1.807, 2.05) is 13.0 Å². The lowest BCUT2D eigenvalue weighted by molar-refractivity contribution is 0.746. The Labute approximate surface area is 171 Å². The molecule has 1 unspecified atom stereocenters. The SMILES string of the molecule is C=C(/C=C(/C)C(/C=C\C#CC)=C(C)C)C1CC=CC=C1C1=CCC=C(C)C=C1. The molecule has 0 amide bonds. The molecule has 0 spiro atoms. The molecule has 2 aliphatic rings. The summed E-state index contributed by atoms with van der Waals surface area (Å²) in [5.41, 5.74) is 8.90. The Morgan fingerprint density at radius 3 is 2.68 bits per heavy atom. The molecule has 0 aromatic carbocycles.